The fourth-order valence-electron chi connectivity index (χ4n) is 3.10. The molecule has 0 atom stereocenters. The predicted molar refractivity (Wildman–Crippen MR) is 133 cm³/mol. The zero-order valence-electron chi connectivity index (χ0n) is 19.2. The van der Waals surface area contributed by atoms with Crippen molar-refractivity contribution >= 4 is 29.2 Å². The minimum Gasteiger partial charge on any atom is -0.495 e. The van der Waals surface area contributed by atoms with Crippen LogP contribution in [0.25, 0.3) is 0 Å². The van der Waals surface area contributed by atoms with Crippen LogP contribution in [0.4, 0.5) is 11.5 Å². The number of carbonyl (C=O) groups excluding carboxylic acids is 2. The molecule has 0 spiro atoms. The Morgan fingerprint density at radius 2 is 1.76 bits per heavy atom. The van der Waals surface area contributed by atoms with Gasteiger partial charge in [-0.05, 0) is 43.3 Å². The number of amidine groups is 1. The maximum absolute atomic E-state index is 13.0. The molecule has 8 nitrogen and oxygen atoms in total. The molecule has 1 aromatic heterocycles. The van der Waals surface area contributed by atoms with Gasteiger partial charge in [-0.15, -0.1) is 6.42 Å². The van der Waals surface area contributed by atoms with Gasteiger partial charge >= 0.3 is 0 Å². The van der Waals surface area contributed by atoms with Crippen molar-refractivity contribution in [2.45, 2.75) is 6.92 Å². The number of aromatic nitrogens is 1. The Morgan fingerprint density at radius 1 is 1.06 bits per heavy atom. The molecule has 3 aromatic rings. The fraction of sp³-hybridized carbons (Fsp3) is 0.154. The van der Waals surface area contributed by atoms with Crippen molar-refractivity contribution in [3.05, 3.63) is 83.0 Å². The largest absolute Gasteiger partial charge is 0.495 e. The molecule has 34 heavy (non-hydrogen) atoms. The van der Waals surface area contributed by atoms with E-state index in [0.717, 1.165) is 0 Å². The summed E-state index contributed by atoms with van der Waals surface area (Å²) in [5.41, 5.74) is 2.10. The van der Waals surface area contributed by atoms with Gasteiger partial charge in [0.05, 0.1) is 18.4 Å². The molecule has 0 saturated heterocycles. The molecule has 2 amide bonds. The Morgan fingerprint density at radius 3 is 2.35 bits per heavy atom. The van der Waals surface area contributed by atoms with E-state index in [0.29, 0.717) is 40.6 Å². The Bertz CT molecular complexity index is 1240. The highest BCUT2D eigenvalue weighted by Crippen LogP contribution is 2.29. The van der Waals surface area contributed by atoms with E-state index in [1.807, 2.05) is 14.0 Å². The van der Waals surface area contributed by atoms with Gasteiger partial charge in [0.25, 0.3) is 11.8 Å². The SMILES string of the molecule is C#Cc1ccc(NC(=O)c2cccc(OC)c2NC(=O)c2ccc(C(=N)N(C)CC)cc2)nc1. The van der Waals surface area contributed by atoms with Crippen LogP contribution < -0.4 is 15.4 Å². The number of rotatable bonds is 7. The van der Waals surface area contributed by atoms with Crippen LogP contribution in [-0.2, 0) is 0 Å². The number of benzene rings is 2. The number of nitrogens with zero attached hydrogens (tertiary/aromatic N) is 2. The molecule has 0 radical (unpaired) electrons. The summed E-state index contributed by atoms with van der Waals surface area (Å²) in [5, 5.41) is 13.7. The number of ether oxygens (including phenoxy) is 1. The summed E-state index contributed by atoms with van der Waals surface area (Å²) in [7, 11) is 3.29. The molecule has 1 heterocycles. The molecule has 8 heteroatoms. The van der Waals surface area contributed by atoms with E-state index in [9.17, 15) is 9.59 Å². The highest BCUT2D eigenvalue weighted by molar-refractivity contribution is 6.13. The van der Waals surface area contributed by atoms with Crippen LogP contribution in [-0.4, -0.2) is 48.2 Å². The first-order valence-corrected chi connectivity index (χ1v) is 10.5. The lowest BCUT2D eigenvalue weighted by molar-refractivity contribution is 0.102. The van der Waals surface area contributed by atoms with Crippen LogP contribution in [0.3, 0.4) is 0 Å². The second-order valence-corrected chi connectivity index (χ2v) is 7.31. The smallest absolute Gasteiger partial charge is 0.259 e. The van der Waals surface area contributed by atoms with E-state index in [-0.39, 0.29) is 11.3 Å². The Balaban J connectivity index is 1.83. The van der Waals surface area contributed by atoms with Crippen molar-refractivity contribution in [2.24, 2.45) is 0 Å². The normalized spacial score (nSPS) is 10.1. The number of hydrogen-bond donors (Lipinski definition) is 3. The molecular formula is C26H25N5O3. The number of terminal acetylenes is 1. The van der Waals surface area contributed by atoms with Gasteiger partial charge in [0.1, 0.15) is 17.4 Å². The van der Waals surface area contributed by atoms with Gasteiger partial charge in [0.2, 0.25) is 0 Å². The van der Waals surface area contributed by atoms with Crippen LogP contribution in [0.1, 0.15) is 38.8 Å². The predicted octanol–water partition coefficient (Wildman–Crippen LogP) is 3.85. The number of nitrogens with one attached hydrogen (secondary N) is 3. The summed E-state index contributed by atoms with van der Waals surface area (Å²) in [6.07, 6.45) is 6.81. The minimum atomic E-state index is -0.471. The monoisotopic (exact) mass is 455 g/mol. The molecule has 172 valence electrons. The number of amides is 2. The number of anilines is 2. The van der Waals surface area contributed by atoms with Gasteiger partial charge in [-0.3, -0.25) is 15.0 Å². The lowest BCUT2D eigenvalue weighted by atomic mass is 10.1. The zero-order valence-corrected chi connectivity index (χ0v) is 19.2. The molecule has 0 aliphatic rings. The van der Waals surface area contributed by atoms with Gasteiger partial charge in [0.15, 0.2) is 0 Å². The van der Waals surface area contributed by atoms with Crippen molar-refractivity contribution < 1.29 is 14.3 Å². The van der Waals surface area contributed by atoms with Crippen LogP contribution in [0, 0.1) is 17.8 Å². The molecule has 0 unspecified atom stereocenters. The van der Waals surface area contributed by atoms with E-state index >= 15 is 0 Å². The molecule has 0 bridgehead atoms. The van der Waals surface area contributed by atoms with Gasteiger partial charge in [0, 0.05) is 36.5 Å². The molecule has 3 N–H and O–H groups in total. The van der Waals surface area contributed by atoms with E-state index in [1.54, 1.807) is 59.5 Å². The van der Waals surface area contributed by atoms with Crippen molar-refractivity contribution in [3.8, 4) is 18.1 Å². The standard InChI is InChI=1S/C26H25N5O3/c1-5-17-10-15-22(28-16-17)29-26(33)20-8-7-9-21(34-4)23(20)30-25(32)19-13-11-18(12-14-19)24(27)31(3)6-2/h1,7-16,27H,6H2,2-4H3,(H,30,32)(H,28,29,33). The van der Waals surface area contributed by atoms with Crippen molar-refractivity contribution in [1.29, 1.82) is 5.41 Å². The number of para-hydroxylation sites is 1. The summed E-state index contributed by atoms with van der Waals surface area (Å²) in [5.74, 6) is 2.59. The van der Waals surface area contributed by atoms with E-state index in [4.69, 9.17) is 16.6 Å². The Hall–Kier alpha value is -4.64. The zero-order chi connectivity index (χ0) is 24.7. The third-order valence-corrected chi connectivity index (χ3v) is 5.18. The first kappa shape index (κ1) is 24.0. The van der Waals surface area contributed by atoms with E-state index in [1.165, 1.54) is 13.3 Å². The average molecular weight is 456 g/mol. The lowest BCUT2D eigenvalue weighted by Crippen LogP contribution is -2.26. The molecule has 2 aromatic carbocycles. The highest BCUT2D eigenvalue weighted by atomic mass is 16.5. The first-order chi connectivity index (χ1) is 16.4. The fourth-order valence-corrected chi connectivity index (χ4v) is 3.10. The Kier molecular flexibility index (Phi) is 7.62. The second-order valence-electron chi connectivity index (χ2n) is 7.31. The topological polar surface area (TPSA) is 107 Å². The molecule has 0 fully saturated rings. The maximum Gasteiger partial charge on any atom is 0.259 e. The Labute approximate surface area is 198 Å². The molecule has 0 saturated carbocycles. The van der Waals surface area contributed by atoms with Crippen LogP contribution in [0.15, 0.2) is 60.8 Å². The second kappa shape index (κ2) is 10.8. The first-order valence-electron chi connectivity index (χ1n) is 10.5. The van der Waals surface area contributed by atoms with Crippen LogP contribution in [0.5, 0.6) is 5.75 Å². The molecule has 0 aliphatic carbocycles. The van der Waals surface area contributed by atoms with Crippen LogP contribution >= 0.6 is 0 Å². The van der Waals surface area contributed by atoms with Crippen LogP contribution in [0.2, 0.25) is 0 Å². The van der Waals surface area contributed by atoms with Crippen molar-refractivity contribution in [2.75, 3.05) is 31.3 Å². The van der Waals surface area contributed by atoms with Crippen molar-refractivity contribution in [1.82, 2.24) is 9.88 Å². The van der Waals surface area contributed by atoms with Gasteiger partial charge < -0.3 is 20.3 Å². The van der Waals surface area contributed by atoms with E-state index in [2.05, 4.69) is 21.5 Å². The number of hydrogen-bond acceptors (Lipinski definition) is 5. The molecular weight excluding hydrogens is 430 g/mol. The maximum atomic E-state index is 13.0. The van der Waals surface area contributed by atoms with Crippen molar-refractivity contribution in [3.63, 3.8) is 0 Å². The minimum absolute atomic E-state index is 0.207. The summed E-state index contributed by atoms with van der Waals surface area (Å²) >= 11 is 0. The summed E-state index contributed by atoms with van der Waals surface area (Å²) in [6.45, 7) is 2.66. The van der Waals surface area contributed by atoms with Gasteiger partial charge in [-0.1, -0.05) is 24.1 Å². The summed E-state index contributed by atoms with van der Waals surface area (Å²) in [4.78, 5) is 31.8. The number of carbonyl (C=O) groups is 2. The third-order valence-electron chi connectivity index (χ3n) is 5.18. The number of methoxy groups -OCH3 is 1. The highest BCUT2D eigenvalue weighted by Gasteiger charge is 2.19. The third kappa shape index (κ3) is 5.40. The molecule has 3 rings (SSSR count). The van der Waals surface area contributed by atoms with Gasteiger partial charge in [-0.25, -0.2) is 4.98 Å². The lowest BCUT2D eigenvalue weighted by Gasteiger charge is -2.18. The summed E-state index contributed by atoms with van der Waals surface area (Å²) < 4.78 is 5.38. The van der Waals surface area contributed by atoms with E-state index < -0.39 is 11.8 Å². The average Bonchev–Trinajstić information content (AvgIpc) is 2.88. The van der Waals surface area contributed by atoms with Gasteiger partial charge in [-0.2, -0.15) is 0 Å². The molecule has 0 aliphatic heterocycles. The number of pyridine rings is 1. The summed E-state index contributed by atoms with van der Waals surface area (Å²) in [6, 6.07) is 14.8. The quantitative estimate of drug-likeness (QED) is 0.285.